The summed E-state index contributed by atoms with van der Waals surface area (Å²) >= 11 is 6.18. The highest BCUT2D eigenvalue weighted by Crippen LogP contribution is 2.41. The van der Waals surface area contributed by atoms with Gasteiger partial charge in [-0.15, -0.1) is 0 Å². The molecule has 2 aromatic rings. The third kappa shape index (κ3) is 2.54. The van der Waals surface area contributed by atoms with Gasteiger partial charge in [-0.3, -0.25) is 4.90 Å². The number of carboxylic acid groups (broad SMARTS) is 1. The number of halogens is 1. The third-order valence-electron chi connectivity index (χ3n) is 3.60. The van der Waals surface area contributed by atoms with Crippen molar-refractivity contribution in [1.82, 2.24) is 4.90 Å². The van der Waals surface area contributed by atoms with Gasteiger partial charge in [0.2, 0.25) is 0 Å². The van der Waals surface area contributed by atoms with Crippen LogP contribution in [-0.2, 0) is 6.42 Å². The molecule has 1 unspecified atom stereocenters. The number of carbonyl (C=O) groups is 1. The largest absolute Gasteiger partial charge is 0.469 e. The van der Waals surface area contributed by atoms with Crippen LogP contribution in [0.5, 0.6) is 5.75 Å². The van der Waals surface area contributed by atoms with Crippen LogP contribution in [0.4, 0.5) is 4.79 Å². The summed E-state index contributed by atoms with van der Waals surface area (Å²) in [7, 11) is 1.50. The molecular weight excluding hydrogens is 290 g/mol. The van der Waals surface area contributed by atoms with E-state index in [-0.39, 0.29) is 0 Å². The van der Waals surface area contributed by atoms with Crippen LogP contribution in [0.1, 0.15) is 5.56 Å². The van der Waals surface area contributed by atoms with Crippen LogP contribution in [0.3, 0.4) is 0 Å². The zero-order valence-electron chi connectivity index (χ0n) is 11.4. The minimum absolute atomic E-state index is 0.499. The number of rotatable bonds is 2. The van der Waals surface area contributed by atoms with Gasteiger partial charge < -0.3 is 9.84 Å². The Bertz CT molecular complexity index is 687. The van der Waals surface area contributed by atoms with Crippen LogP contribution in [0.15, 0.2) is 42.5 Å². The Hall–Kier alpha value is -2.20. The van der Waals surface area contributed by atoms with E-state index in [9.17, 15) is 4.79 Å². The molecule has 1 aliphatic rings. The summed E-state index contributed by atoms with van der Waals surface area (Å²) in [6.45, 7) is 0. The van der Waals surface area contributed by atoms with Crippen LogP contribution in [0, 0.1) is 0 Å². The number of benzene rings is 2. The third-order valence-corrected chi connectivity index (χ3v) is 3.82. The van der Waals surface area contributed by atoms with E-state index in [2.05, 4.69) is 0 Å². The molecule has 1 N–H and O–H groups in total. The average molecular weight is 304 g/mol. The summed E-state index contributed by atoms with van der Waals surface area (Å²) in [5.74, 6) is 0.712. The lowest BCUT2D eigenvalue weighted by molar-refractivity contribution is 0.0610. The first-order chi connectivity index (χ1) is 10.1. The molecule has 0 aromatic heterocycles. The molecule has 4 nitrogen and oxygen atoms in total. The summed E-state index contributed by atoms with van der Waals surface area (Å²) < 4.78 is 5.86. The summed E-state index contributed by atoms with van der Waals surface area (Å²) in [6.07, 6.45) is -1.03. The summed E-state index contributed by atoms with van der Waals surface area (Å²) in [4.78, 5) is 12.2. The Morgan fingerprint density at radius 2 is 2.05 bits per heavy atom. The monoisotopic (exact) mass is 303 g/mol. The van der Waals surface area contributed by atoms with E-state index >= 15 is 0 Å². The van der Waals surface area contributed by atoms with E-state index in [0.29, 0.717) is 17.2 Å². The number of nitrogens with zero attached hydrogens (tertiary/aromatic N) is 1. The lowest BCUT2D eigenvalue weighted by Crippen LogP contribution is -2.38. The molecule has 0 aliphatic carbocycles. The Morgan fingerprint density at radius 1 is 1.33 bits per heavy atom. The minimum atomic E-state index is -1.01. The number of hydrogen-bond acceptors (Lipinski definition) is 2. The first-order valence-corrected chi connectivity index (χ1v) is 6.94. The Morgan fingerprint density at radius 3 is 2.71 bits per heavy atom. The number of ether oxygens (including phenoxy) is 1. The molecule has 0 fully saturated rings. The number of fused-ring (bicyclic) bond motifs is 1. The van der Waals surface area contributed by atoms with Gasteiger partial charge in [0.1, 0.15) is 5.75 Å². The molecule has 1 heterocycles. The first kappa shape index (κ1) is 13.8. The van der Waals surface area contributed by atoms with Crippen molar-refractivity contribution in [3.8, 4) is 16.9 Å². The Kier molecular flexibility index (Phi) is 3.47. The second kappa shape index (κ2) is 5.30. The summed E-state index contributed by atoms with van der Waals surface area (Å²) in [5.41, 5.74) is 2.81. The van der Waals surface area contributed by atoms with Crippen LogP contribution in [0.25, 0.3) is 11.1 Å². The predicted molar refractivity (Wildman–Crippen MR) is 80.8 cm³/mol. The number of amides is 1. The van der Waals surface area contributed by atoms with Crippen molar-refractivity contribution in [1.29, 1.82) is 0 Å². The van der Waals surface area contributed by atoms with Crippen LogP contribution < -0.4 is 4.74 Å². The van der Waals surface area contributed by atoms with Crippen LogP contribution in [-0.4, -0.2) is 29.4 Å². The first-order valence-electron chi connectivity index (χ1n) is 6.56. The molecule has 0 saturated heterocycles. The molecule has 108 valence electrons. The molecule has 21 heavy (non-hydrogen) atoms. The van der Waals surface area contributed by atoms with Crippen molar-refractivity contribution in [3.05, 3.63) is 53.1 Å². The van der Waals surface area contributed by atoms with E-state index in [4.69, 9.17) is 21.4 Å². The van der Waals surface area contributed by atoms with Crippen molar-refractivity contribution >= 4 is 17.7 Å². The second-order valence-corrected chi connectivity index (χ2v) is 5.41. The van der Waals surface area contributed by atoms with Crippen molar-refractivity contribution in [2.45, 2.75) is 12.6 Å². The number of hydrogen-bond donors (Lipinski definition) is 1. The van der Waals surface area contributed by atoms with Gasteiger partial charge in [-0.05, 0) is 17.7 Å². The van der Waals surface area contributed by atoms with Crippen molar-refractivity contribution in [2.75, 3.05) is 7.05 Å². The van der Waals surface area contributed by atoms with E-state index in [0.717, 1.165) is 16.7 Å². The molecule has 0 radical (unpaired) electrons. The average Bonchev–Trinajstić information content (AvgIpc) is 2.90. The molecule has 1 atom stereocenters. The fourth-order valence-corrected chi connectivity index (χ4v) is 2.72. The molecule has 0 saturated carbocycles. The maximum absolute atomic E-state index is 11.1. The van der Waals surface area contributed by atoms with Crippen molar-refractivity contribution in [2.24, 2.45) is 0 Å². The van der Waals surface area contributed by atoms with Gasteiger partial charge in [0.15, 0.2) is 6.23 Å². The molecule has 5 heteroatoms. The van der Waals surface area contributed by atoms with E-state index in [1.54, 1.807) is 0 Å². The standard InChI is InChI=1S/C16H14ClNO3/c1-18(16(19)20)14-8-11-7-12(17)9-13(15(11)21-14)10-5-3-2-4-6-10/h2-7,9,14H,8H2,1H3,(H,19,20). The van der Waals surface area contributed by atoms with Gasteiger partial charge >= 0.3 is 6.09 Å². The molecule has 1 amide bonds. The lowest BCUT2D eigenvalue weighted by atomic mass is 10.0. The zero-order chi connectivity index (χ0) is 15.0. The van der Waals surface area contributed by atoms with Gasteiger partial charge in [-0.1, -0.05) is 41.9 Å². The summed E-state index contributed by atoms with van der Waals surface area (Å²) in [6, 6.07) is 13.5. The fourth-order valence-electron chi connectivity index (χ4n) is 2.48. The zero-order valence-corrected chi connectivity index (χ0v) is 12.2. The normalized spacial score (nSPS) is 16.2. The van der Waals surface area contributed by atoms with Crippen LogP contribution in [0.2, 0.25) is 5.02 Å². The van der Waals surface area contributed by atoms with Crippen LogP contribution >= 0.6 is 11.6 Å². The smallest absolute Gasteiger partial charge is 0.409 e. The Balaban J connectivity index is 2.02. The van der Waals surface area contributed by atoms with Gasteiger partial charge in [0, 0.05) is 29.6 Å². The highest BCUT2D eigenvalue weighted by Gasteiger charge is 2.31. The summed E-state index contributed by atoms with van der Waals surface area (Å²) in [5, 5.41) is 9.70. The van der Waals surface area contributed by atoms with E-state index in [1.165, 1.54) is 11.9 Å². The molecular formula is C16H14ClNO3. The van der Waals surface area contributed by atoms with Gasteiger partial charge in [0.05, 0.1) is 0 Å². The lowest BCUT2D eigenvalue weighted by Gasteiger charge is -2.21. The predicted octanol–water partition coefficient (Wildman–Crippen LogP) is 3.88. The maximum Gasteiger partial charge on any atom is 0.409 e. The maximum atomic E-state index is 11.1. The van der Waals surface area contributed by atoms with Gasteiger partial charge in [0.25, 0.3) is 0 Å². The Labute approximate surface area is 127 Å². The molecule has 3 rings (SSSR count). The van der Waals surface area contributed by atoms with Crippen molar-refractivity contribution in [3.63, 3.8) is 0 Å². The highest BCUT2D eigenvalue weighted by molar-refractivity contribution is 6.31. The quantitative estimate of drug-likeness (QED) is 0.916. The van der Waals surface area contributed by atoms with E-state index in [1.807, 2.05) is 42.5 Å². The fraction of sp³-hybridized carbons (Fsp3) is 0.188. The van der Waals surface area contributed by atoms with Gasteiger partial charge in [-0.25, -0.2) is 4.79 Å². The topological polar surface area (TPSA) is 49.8 Å². The molecule has 1 aliphatic heterocycles. The molecule has 0 bridgehead atoms. The van der Waals surface area contributed by atoms with Crippen molar-refractivity contribution < 1.29 is 14.6 Å². The minimum Gasteiger partial charge on any atom is -0.469 e. The van der Waals surface area contributed by atoms with Gasteiger partial charge in [-0.2, -0.15) is 0 Å². The molecule has 0 spiro atoms. The number of likely N-dealkylation sites (N-methyl/N-ethyl adjacent to an activating group) is 1. The molecule has 2 aromatic carbocycles. The second-order valence-electron chi connectivity index (χ2n) is 4.98. The van der Waals surface area contributed by atoms with E-state index < -0.39 is 12.3 Å². The highest BCUT2D eigenvalue weighted by atomic mass is 35.5. The SMILES string of the molecule is CN(C(=O)O)C1Cc2cc(Cl)cc(-c3ccccc3)c2O1.